The summed E-state index contributed by atoms with van der Waals surface area (Å²) in [6.45, 7) is 13.4. The minimum Gasteiger partial charge on any atom is -0.314 e. The van der Waals surface area contributed by atoms with Crippen molar-refractivity contribution >= 4 is 0 Å². The second-order valence-corrected chi connectivity index (χ2v) is 5.90. The highest BCUT2D eigenvalue weighted by atomic mass is 15.1. The van der Waals surface area contributed by atoms with E-state index in [-0.39, 0.29) is 0 Å². The molecule has 0 saturated heterocycles. The number of hydrogen-bond donors (Lipinski definition) is 1. The van der Waals surface area contributed by atoms with Gasteiger partial charge >= 0.3 is 0 Å². The lowest BCUT2D eigenvalue weighted by molar-refractivity contribution is 0.275. The summed E-state index contributed by atoms with van der Waals surface area (Å²) < 4.78 is 0. The largest absolute Gasteiger partial charge is 0.314 e. The van der Waals surface area contributed by atoms with Crippen molar-refractivity contribution in [3.8, 4) is 0 Å². The van der Waals surface area contributed by atoms with Gasteiger partial charge in [0.25, 0.3) is 0 Å². The summed E-state index contributed by atoms with van der Waals surface area (Å²) >= 11 is 0. The number of rotatable bonds is 10. The Morgan fingerprint density at radius 3 is 2.25 bits per heavy atom. The van der Waals surface area contributed by atoms with Gasteiger partial charge in [-0.05, 0) is 43.6 Å². The molecule has 0 unspecified atom stereocenters. The highest BCUT2D eigenvalue weighted by molar-refractivity contribution is 5.22. The minimum atomic E-state index is 0.575. The first-order chi connectivity index (χ1) is 9.65. The monoisotopic (exact) mass is 276 g/mol. The zero-order valence-electron chi connectivity index (χ0n) is 13.8. The number of nitrogens with one attached hydrogen (secondary N) is 1. The quantitative estimate of drug-likeness (QED) is 0.698. The van der Waals surface area contributed by atoms with Gasteiger partial charge in [-0.2, -0.15) is 0 Å². The van der Waals surface area contributed by atoms with Crippen LogP contribution < -0.4 is 5.32 Å². The van der Waals surface area contributed by atoms with Crippen molar-refractivity contribution in [1.29, 1.82) is 0 Å². The van der Waals surface area contributed by atoms with Crippen LogP contribution in [0, 0.1) is 0 Å². The van der Waals surface area contributed by atoms with Gasteiger partial charge in [0.15, 0.2) is 0 Å². The fourth-order valence-electron chi connectivity index (χ4n) is 2.31. The van der Waals surface area contributed by atoms with E-state index in [1.165, 1.54) is 30.5 Å². The van der Waals surface area contributed by atoms with Crippen molar-refractivity contribution in [2.24, 2.45) is 0 Å². The highest BCUT2D eigenvalue weighted by Gasteiger charge is 2.03. The second-order valence-electron chi connectivity index (χ2n) is 5.90. The van der Waals surface area contributed by atoms with Gasteiger partial charge in [-0.25, -0.2) is 0 Å². The molecule has 0 radical (unpaired) electrons. The van der Waals surface area contributed by atoms with E-state index in [1.807, 2.05) is 0 Å². The summed E-state index contributed by atoms with van der Waals surface area (Å²) in [5.41, 5.74) is 2.86. The predicted octanol–water partition coefficient (Wildman–Crippen LogP) is 3.85. The molecule has 0 spiro atoms. The smallest absolute Gasteiger partial charge is 0.0233 e. The molecule has 0 amide bonds. The Balaban J connectivity index is 2.40. The second kappa shape index (κ2) is 9.95. The van der Waals surface area contributed by atoms with E-state index in [9.17, 15) is 0 Å². The zero-order valence-corrected chi connectivity index (χ0v) is 13.8. The van der Waals surface area contributed by atoms with Crippen LogP contribution in [0.3, 0.4) is 0 Å². The lowest BCUT2D eigenvalue weighted by Crippen LogP contribution is -2.25. The summed E-state index contributed by atoms with van der Waals surface area (Å²) in [5, 5.41) is 3.46. The summed E-state index contributed by atoms with van der Waals surface area (Å²) in [6.07, 6.45) is 3.69. The van der Waals surface area contributed by atoms with Crippen LogP contribution >= 0.6 is 0 Å². The minimum absolute atomic E-state index is 0.575. The summed E-state index contributed by atoms with van der Waals surface area (Å²) in [5.74, 6) is 0. The molecule has 0 heterocycles. The maximum Gasteiger partial charge on any atom is 0.0233 e. The molecule has 0 aliphatic heterocycles. The molecule has 0 atom stereocenters. The molecular weight excluding hydrogens is 244 g/mol. The molecule has 1 aromatic carbocycles. The van der Waals surface area contributed by atoms with Crippen LogP contribution in [0.2, 0.25) is 0 Å². The predicted molar refractivity (Wildman–Crippen MR) is 89.1 cm³/mol. The lowest BCUT2D eigenvalue weighted by Gasteiger charge is -2.20. The maximum absolute atomic E-state index is 3.46. The van der Waals surface area contributed by atoms with Crippen LogP contribution in [0.25, 0.3) is 0 Å². The van der Waals surface area contributed by atoms with Crippen molar-refractivity contribution in [1.82, 2.24) is 10.2 Å². The first kappa shape index (κ1) is 17.2. The number of benzene rings is 1. The molecule has 0 bridgehead atoms. The first-order valence-electron chi connectivity index (χ1n) is 8.19. The van der Waals surface area contributed by atoms with Gasteiger partial charge in [0.1, 0.15) is 0 Å². The molecule has 1 aromatic rings. The molecule has 20 heavy (non-hydrogen) atoms. The van der Waals surface area contributed by atoms with Gasteiger partial charge in [0, 0.05) is 12.6 Å². The molecule has 2 heteroatoms. The number of nitrogens with zero attached hydrogens (tertiary/aromatic N) is 1. The third kappa shape index (κ3) is 7.06. The summed E-state index contributed by atoms with van der Waals surface area (Å²) in [6, 6.07) is 9.72. The van der Waals surface area contributed by atoms with Crippen LogP contribution in [0.5, 0.6) is 0 Å². The Bertz CT molecular complexity index is 343. The SMILES string of the molecule is CCCCN(CC)Cc1ccc(CCNC(C)C)cc1. The molecule has 0 aliphatic carbocycles. The number of unbranched alkanes of at least 4 members (excludes halogenated alkanes) is 1. The molecule has 2 nitrogen and oxygen atoms in total. The van der Waals surface area contributed by atoms with E-state index in [2.05, 4.69) is 62.2 Å². The van der Waals surface area contributed by atoms with Crippen molar-refractivity contribution < 1.29 is 0 Å². The third-order valence-electron chi connectivity index (χ3n) is 3.67. The van der Waals surface area contributed by atoms with E-state index in [4.69, 9.17) is 0 Å². The standard InChI is InChI=1S/C18H32N2/c1-5-7-14-20(6-2)15-18-10-8-17(9-11-18)12-13-19-16(3)4/h8-11,16,19H,5-7,12-15H2,1-4H3. The van der Waals surface area contributed by atoms with E-state index < -0.39 is 0 Å². The third-order valence-corrected chi connectivity index (χ3v) is 3.67. The van der Waals surface area contributed by atoms with Gasteiger partial charge in [-0.15, -0.1) is 0 Å². The number of hydrogen-bond acceptors (Lipinski definition) is 2. The van der Waals surface area contributed by atoms with Crippen LogP contribution in [-0.2, 0) is 13.0 Å². The van der Waals surface area contributed by atoms with Crippen molar-refractivity contribution in [2.75, 3.05) is 19.6 Å². The Hall–Kier alpha value is -0.860. The van der Waals surface area contributed by atoms with Crippen LogP contribution in [0.4, 0.5) is 0 Å². The first-order valence-corrected chi connectivity index (χ1v) is 8.19. The van der Waals surface area contributed by atoms with Gasteiger partial charge in [0.05, 0.1) is 0 Å². The molecule has 0 aromatic heterocycles. The maximum atomic E-state index is 3.46. The van der Waals surface area contributed by atoms with Gasteiger partial charge < -0.3 is 5.32 Å². The molecule has 0 saturated carbocycles. The van der Waals surface area contributed by atoms with Crippen molar-refractivity contribution in [2.45, 2.75) is 59.5 Å². The average molecular weight is 276 g/mol. The highest BCUT2D eigenvalue weighted by Crippen LogP contribution is 2.09. The lowest BCUT2D eigenvalue weighted by atomic mass is 10.1. The van der Waals surface area contributed by atoms with Crippen molar-refractivity contribution in [3.63, 3.8) is 0 Å². The molecule has 1 rings (SSSR count). The topological polar surface area (TPSA) is 15.3 Å². The van der Waals surface area contributed by atoms with Crippen LogP contribution in [-0.4, -0.2) is 30.6 Å². The van der Waals surface area contributed by atoms with Gasteiger partial charge in [0.2, 0.25) is 0 Å². The molecule has 0 fully saturated rings. The fourth-order valence-corrected chi connectivity index (χ4v) is 2.31. The molecule has 0 aliphatic rings. The van der Waals surface area contributed by atoms with E-state index in [0.717, 1.165) is 26.1 Å². The van der Waals surface area contributed by atoms with Gasteiger partial charge in [-0.1, -0.05) is 58.4 Å². The summed E-state index contributed by atoms with van der Waals surface area (Å²) in [4.78, 5) is 2.53. The van der Waals surface area contributed by atoms with E-state index in [0.29, 0.717) is 6.04 Å². The normalized spacial score (nSPS) is 11.5. The molecular formula is C18H32N2. The fraction of sp³-hybridized carbons (Fsp3) is 0.667. The molecule has 1 N–H and O–H groups in total. The van der Waals surface area contributed by atoms with Crippen LogP contribution in [0.15, 0.2) is 24.3 Å². The van der Waals surface area contributed by atoms with Crippen molar-refractivity contribution in [3.05, 3.63) is 35.4 Å². The Morgan fingerprint density at radius 1 is 1.05 bits per heavy atom. The van der Waals surface area contributed by atoms with E-state index >= 15 is 0 Å². The Morgan fingerprint density at radius 2 is 1.70 bits per heavy atom. The van der Waals surface area contributed by atoms with Gasteiger partial charge in [-0.3, -0.25) is 4.90 Å². The average Bonchev–Trinajstić information content (AvgIpc) is 2.44. The Labute approximate surface area is 125 Å². The molecule has 114 valence electrons. The zero-order chi connectivity index (χ0) is 14.8. The summed E-state index contributed by atoms with van der Waals surface area (Å²) in [7, 11) is 0. The van der Waals surface area contributed by atoms with Crippen LogP contribution in [0.1, 0.15) is 51.7 Å². The van der Waals surface area contributed by atoms with E-state index in [1.54, 1.807) is 0 Å². The Kier molecular flexibility index (Phi) is 8.56.